The predicted molar refractivity (Wildman–Crippen MR) is 82.6 cm³/mol. The summed E-state index contributed by atoms with van der Waals surface area (Å²) in [4.78, 5) is 12.4. The van der Waals surface area contributed by atoms with E-state index >= 15 is 0 Å². The summed E-state index contributed by atoms with van der Waals surface area (Å²) >= 11 is 0. The molecule has 1 N–H and O–H groups in total. The Morgan fingerprint density at radius 2 is 1.95 bits per heavy atom. The molecule has 7 atom stereocenters. The molecule has 3 fully saturated rings. The molecule has 4 rings (SSSR count). The number of rotatable bonds is 0. The molecule has 2 unspecified atom stereocenters. The first-order valence-electron chi connectivity index (χ1n) is 8.86. The maximum absolute atomic E-state index is 12.4. The molecule has 2 nitrogen and oxygen atoms in total. The van der Waals surface area contributed by atoms with Crippen LogP contribution in [0.5, 0.6) is 0 Å². The van der Waals surface area contributed by atoms with Gasteiger partial charge in [-0.2, -0.15) is 0 Å². The smallest absolute Gasteiger partial charge is 0.139 e. The average Bonchev–Trinajstić information content (AvgIpc) is 2.76. The second-order valence-corrected chi connectivity index (χ2v) is 8.54. The quantitative estimate of drug-likeness (QED) is 0.690. The zero-order chi connectivity index (χ0) is 14.8. The number of hydrogen-bond donors (Lipinski definition) is 1. The number of allylic oxidation sites excluding steroid dienone is 1. The molecular formula is C19H28O2. The molecule has 0 aromatic carbocycles. The zero-order valence-corrected chi connectivity index (χ0v) is 13.3. The molecule has 0 aromatic heterocycles. The standard InChI is InChI=1S/C19H28O2/c1-18-11-10-15-13(14(18)8-9-16(18)20)7-6-12-4-3-5-17(21)19(12,15)2/h3,5,12-15,17,21H,4,6-11H2,1-2H3/t12?,13-,14-,15-,17?,18-,19-/m0/s1. The van der Waals surface area contributed by atoms with E-state index in [4.69, 9.17) is 0 Å². The molecule has 0 spiro atoms. The summed E-state index contributed by atoms with van der Waals surface area (Å²) in [5.74, 6) is 3.01. The van der Waals surface area contributed by atoms with E-state index in [1.165, 1.54) is 12.8 Å². The van der Waals surface area contributed by atoms with Gasteiger partial charge in [0.2, 0.25) is 0 Å². The Morgan fingerprint density at radius 3 is 2.76 bits per heavy atom. The monoisotopic (exact) mass is 288 g/mol. The lowest BCUT2D eigenvalue weighted by atomic mass is 9.45. The second kappa shape index (κ2) is 4.44. The molecule has 0 saturated heterocycles. The highest BCUT2D eigenvalue weighted by Crippen LogP contribution is 2.64. The van der Waals surface area contributed by atoms with Gasteiger partial charge in [-0.05, 0) is 62.2 Å². The Labute approximate surface area is 128 Å². The van der Waals surface area contributed by atoms with Crippen molar-refractivity contribution < 1.29 is 9.90 Å². The first-order chi connectivity index (χ1) is 9.98. The van der Waals surface area contributed by atoms with Crippen LogP contribution in [0.1, 0.15) is 58.8 Å². The highest BCUT2D eigenvalue weighted by atomic mass is 16.3. The first kappa shape index (κ1) is 14.0. The largest absolute Gasteiger partial charge is 0.388 e. The van der Waals surface area contributed by atoms with Crippen LogP contribution in [0.3, 0.4) is 0 Å². The highest BCUT2D eigenvalue weighted by Gasteiger charge is 2.61. The topological polar surface area (TPSA) is 37.3 Å². The van der Waals surface area contributed by atoms with Crippen molar-refractivity contribution in [3.8, 4) is 0 Å². The van der Waals surface area contributed by atoms with E-state index in [2.05, 4.69) is 19.9 Å². The van der Waals surface area contributed by atoms with Gasteiger partial charge in [-0.25, -0.2) is 0 Å². The summed E-state index contributed by atoms with van der Waals surface area (Å²) in [5.41, 5.74) is 0.00442. The molecule has 0 radical (unpaired) electrons. The molecule has 4 aliphatic carbocycles. The van der Waals surface area contributed by atoms with Gasteiger partial charge in [-0.15, -0.1) is 0 Å². The molecule has 0 amide bonds. The van der Waals surface area contributed by atoms with E-state index in [-0.39, 0.29) is 16.9 Å². The fraction of sp³-hybridized carbons (Fsp3) is 0.842. The number of Topliss-reactive ketones (excluding diaryl/α,β-unsaturated/α-hetero) is 1. The van der Waals surface area contributed by atoms with Crippen LogP contribution >= 0.6 is 0 Å². The summed E-state index contributed by atoms with van der Waals surface area (Å²) in [7, 11) is 0. The molecule has 0 aliphatic heterocycles. The number of aliphatic hydroxyl groups is 1. The van der Waals surface area contributed by atoms with Crippen LogP contribution in [-0.2, 0) is 4.79 Å². The SMILES string of the molecule is C[C@]12C(O)C=CCC1CC[C@@H]1[C@@H]2CC[C@]2(C)C(=O)CC[C@@H]12. The minimum Gasteiger partial charge on any atom is -0.388 e. The number of carbonyl (C=O) groups is 1. The van der Waals surface area contributed by atoms with Gasteiger partial charge in [-0.1, -0.05) is 26.0 Å². The normalized spacial score (nSPS) is 55.8. The van der Waals surface area contributed by atoms with Crippen LogP contribution in [0.25, 0.3) is 0 Å². The first-order valence-corrected chi connectivity index (χ1v) is 8.86. The van der Waals surface area contributed by atoms with E-state index in [0.29, 0.717) is 29.5 Å². The molecule has 0 bridgehead atoms. The number of aliphatic hydroxyl groups excluding tert-OH is 1. The van der Waals surface area contributed by atoms with Gasteiger partial charge < -0.3 is 5.11 Å². The molecule has 2 heteroatoms. The average molecular weight is 288 g/mol. The number of carbonyl (C=O) groups excluding carboxylic acids is 1. The van der Waals surface area contributed by atoms with E-state index in [1.54, 1.807) is 0 Å². The minimum absolute atomic E-state index is 0.0418. The van der Waals surface area contributed by atoms with Crippen molar-refractivity contribution in [2.24, 2.45) is 34.5 Å². The van der Waals surface area contributed by atoms with E-state index in [0.717, 1.165) is 32.1 Å². The van der Waals surface area contributed by atoms with Crippen molar-refractivity contribution in [2.75, 3.05) is 0 Å². The van der Waals surface area contributed by atoms with Crippen LogP contribution in [-0.4, -0.2) is 17.0 Å². The van der Waals surface area contributed by atoms with Gasteiger partial charge in [0.15, 0.2) is 0 Å². The number of fused-ring (bicyclic) bond motifs is 5. The molecule has 0 heterocycles. The summed E-state index contributed by atoms with van der Waals surface area (Å²) in [5, 5.41) is 10.7. The van der Waals surface area contributed by atoms with Gasteiger partial charge in [-0.3, -0.25) is 4.79 Å². The molecule has 3 saturated carbocycles. The lowest BCUT2D eigenvalue weighted by Crippen LogP contribution is -2.56. The molecule has 0 aromatic rings. The van der Waals surface area contributed by atoms with E-state index < -0.39 is 0 Å². The Kier molecular flexibility index (Phi) is 2.96. The predicted octanol–water partition coefficient (Wildman–Crippen LogP) is 3.74. The minimum atomic E-state index is -0.287. The summed E-state index contributed by atoms with van der Waals surface area (Å²) in [6.45, 7) is 4.57. The van der Waals surface area contributed by atoms with E-state index in [1.807, 2.05) is 6.08 Å². The number of ketones is 1. The lowest BCUT2D eigenvalue weighted by Gasteiger charge is -2.59. The van der Waals surface area contributed by atoms with Crippen LogP contribution in [0.15, 0.2) is 12.2 Å². The fourth-order valence-corrected chi connectivity index (χ4v) is 6.65. The summed E-state index contributed by atoms with van der Waals surface area (Å²) in [6.07, 6.45) is 11.7. The van der Waals surface area contributed by atoms with Crippen LogP contribution in [0.2, 0.25) is 0 Å². The third-order valence-electron chi connectivity index (χ3n) is 8.05. The van der Waals surface area contributed by atoms with Crippen LogP contribution in [0.4, 0.5) is 0 Å². The van der Waals surface area contributed by atoms with Crippen molar-refractivity contribution in [3.05, 3.63) is 12.2 Å². The Hall–Kier alpha value is -0.630. The van der Waals surface area contributed by atoms with Crippen molar-refractivity contribution >= 4 is 5.78 Å². The van der Waals surface area contributed by atoms with Gasteiger partial charge in [0.1, 0.15) is 5.78 Å². The van der Waals surface area contributed by atoms with Gasteiger partial charge in [0, 0.05) is 17.3 Å². The summed E-state index contributed by atoms with van der Waals surface area (Å²) in [6, 6.07) is 0. The van der Waals surface area contributed by atoms with Crippen LogP contribution < -0.4 is 0 Å². The third kappa shape index (κ3) is 1.66. The molecule has 4 aliphatic rings. The van der Waals surface area contributed by atoms with Crippen molar-refractivity contribution in [2.45, 2.75) is 64.9 Å². The number of hydrogen-bond acceptors (Lipinski definition) is 2. The third-order valence-corrected chi connectivity index (χ3v) is 8.05. The lowest BCUT2D eigenvalue weighted by molar-refractivity contribution is -0.146. The van der Waals surface area contributed by atoms with Crippen molar-refractivity contribution in [1.29, 1.82) is 0 Å². The Balaban J connectivity index is 1.71. The highest BCUT2D eigenvalue weighted by molar-refractivity contribution is 5.87. The summed E-state index contributed by atoms with van der Waals surface area (Å²) < 4.78 is 0. The van der Waals surface area contributed by atoms with Crippen LogP contribution in [0, 0.1) is 34.5 Å². The van der Waals surface area contributed by atoms with E-state index in [9.17, 15) is 9.90 Å². The zero-order valence-electron chi connectivity index (χ0n) is 13.3. The van der Waals surface area contributed by atoms with Gasteiger partial charge in [0.05, 0.1) is 6.10 Å². The fourth-order valence-electron chi connectivity index (χ4n) is 6.65. The van der Waals surface area contributed by atoms with Gasteiger partial charge in [0.25, 0.3) is 0 Å². The van der Waals surface area contributed by atoms with Gasteiger partial charge >= 0.3 is 0 Å². The second-order valence-electron chi connectivity index (χ2n) is 8.54. The molecule has 116 valence electrons. The Morgan fingerprint density at radius 1 is 1.14 bits per heavy atom. The maximum Gasteiger partial charge on any atom is 0.139 e. The molecular weight excluding hydrogens is 260 g/mol. The maximum atomic E-state index is 12.4. The van der Waals surface area contributed by atoms with Crippen molar-refractivity contribution in [3.63, 3.8) is 0 Å². The Bertz CT molecular complexity index is 496. The molecule has 21 heavy (non-hydrogen) atoms. The van der Waals surface area contributed by atoms with Crippen molar-refractivity contribution in [1.82, 2.24) is 0 Å².